The number of carboxylic acid groups (broad SMARTS) is 1. The first-order valence-electron chi connectivity index (χ1n) is 4.75. The van der Waals surface area contributed by atoms with Gasteiger partial charge in [-0.05, 0) is 30.5 Å². The summed E-state index contributed by atoms with van der Waals surface area (Å²) < 4.78 is 14.1. The molecule has 0 aliphatic heterocycles. The number of hydrogen-bond donors (Lipinski definition) is 1. The molecule has 0 saturated carbocycles. The molecule has 17 heavy (non-hydrogen) atoms. The zero-order chi connectivity index (χ0) is 12.4. The largest absolute Gasteiger partial charge is 0.477 e. The van der Waals surface area contributed by atoms with Crippen molar-refractivity contribution < 1.29 is 14.3 Å². The number of hydrogen-bond acceptors (Lipinski definition) is 3. The molecule has 1 heterocycles. The summed E-state index contributed by atoms with van der Waals surface area (Å²) in [5.41, 5.74) is 0.574. The average molecular weight is 252 g/mol. The van der Waals surface area contributed by atoms with E-state index in [4.69, 9.17) is 5.11 Å². The van der Waals surface area contributed by atoms with E-state index in [9.17, 15) is 9.18 Å². The predicted octanol–water partition coefficient (Wildman–Crippen LogP) is 2.43. The lowest BCUT2D eigenvalue weighted by molar-refractivity contribution is 0.0687. The molecular weight excluding hydrogens is 243 g/mol. The monoisotopic (exact) mass is 252 g/mol. The Kier molecular flexibility index (Phi) is 3.14. The van der Waals surface area contributed by atoms with Crippen molar-refractivity contribution in [2.45, 2.75) is 5.03 Å². The number of halogens is 1. The topological polar surface area (TPSA) is 55.1 Å². The Hall–Kier alpha value is -1.82. The Bertz CT molecular complexity index is 551. The number of carboxylic acids is 1. The van der Waals surface area contributed by atoms with Crippen LogP contribution in [0.5, 0.6) is 0 Å². The molecule has 0 bridgehead atoms. The van der Waals surface area contributed by atoms with Gasteiger partial charge >= 0.3 is 5.97 Å². The Morgan fingerprint density at radius 3 is 2.59 bits per heavy atom. The number of aromatic nitrogens is 2. The van der Waals surface area contributed by atoms with Crippen LogP contribution in [0.4, 0.5) is 4.39 Å². The highest BCUT2D eigenvalue weighted by Crippen LogP contribution is 2.19. The molecule has 0 amide bonds. The fourth-order valence-corrected chi connectivity index (χ4v) is 1.78. The van der Waals surface area contributed by atoms with Crippen LogP contribution in [0.1, 0.15) is 10.5 Å². The highest BCUT2D eigenvalue weighted by Gasteiger charge is 2.15. The van der Waals surface area contributed by atoms with Gasteiger partial charge in [0.05, 0.1) is 5.69 Å². The lowest BCUT2D eigenvalue weighted by atomic mass is 10.3. The smallest absolute Gasteiger partial charge is 0.354 e. The van der Waals surface area contributed by atoms with Crippen LogP contribution in [-0.2, 0) is 0 Å². The Morgan fingerprint density at radius 1 is 1.41 bits per heavy atom. The fourth-order valence-electron chi connectivity index (χ4n) is 1.39. The number of benzene rings is 1. The Labute approximate surface area is 101 Å². The normalized spacial score (nSPS) is 10.5. The Balaban J connectivity index is 2.53. The molecule has 1 N–H and O–H groups in total. The predicted molar refractivity (Wildman–Crippen MR) is 62.3 cm³/mol. The molecule has 1 aromatic carbocycles. The molecule has 4 nitrogen and oxygen atoms in total. The van der Waals surface area contributed by atoms with Crippen molar-refractivity contribution in [3.05, 3.63) is 41.8 Å². The standard InChI is InChI=1S/C11H9FN2O2S/c1-17-10-6-9(11(15)16)14(13-10)8-4-2-7(12)3-5-8/h2-6H,1H3,(H,15,16). The quantitative estimate of drug-likeness (QED) is 0.852. The van der Waals surface area contributed by atoms with Gasteiger partial charge in [0, 0.05) is 6.07 Å². The minimum Gasteiger partial charge on any atom is -0.477 e. The van der Waals surface area contributed by atoms with Gasteiger partial charge in [0.15, 0.2) is 5.69 Å². The van der Waals surface area contributed by atoms with Crippen LogP contribution in [-0.4, -0.2) is 27.1 Å². The van der Waals surface area contributed by atoms with E-state index in [1.165, 1.54) is 46.8 Å². The van der Waals surface area contributed by atoms with Gasteiger partial charge in [-0.15, -0.1) is 11.8 Å². The van der Waals surface area contributed by atoms with Crippen molar-refractivity contribution in [2.24, 2.45) is 0 Å². The van der Waals surface area contributed by atoms with Gasteiger partial charge in [0.25, 0.3) is 0 Å². The first-order valence-corrected chi connectivity index (χ1v) is 5.97. The summed E-state index contributed by atoms with van der Waals surface area (Å²) in [7, 11) is 0. The second kappa shape index (κ2) is 4.58. The molecule has 0 atom stereocenters. The van der Waals surface area contributed by atoms with Gasteiger partial charge in [-0.3, -0.25) is 0 Å². The molecule has 6 heteroatoms. The second-order valence-corrected chi connectivity index (χ2v) is 4.09. The molecule has 0 saturated heterocycles. The van der Waals surface area contributed by atoms with E-state index in [2.05, 4.69) is 5.10 Å². The van der Waals surface area contributed by atoms with Crippen molar-refractivity contribution in [2.75, 3.05) is 6.26 Å². The van der Waals surface area contributed by atoms with Gasteiger partial charge in [0.2, 0.25) is 0 Å². The molecule has 88 valence electrons. The van der Waals surface area contributed by atoms with E-state index >= 15 is 0 Å². The van der Waals surface area contributed by atoms with Gasteiger partial charge in [-0.25, -0.2) is 13.9 Å². The maximum absolute atomic E-state index is 12.8. The summed E-state index contributed by atoms with van der Waals surface area (Å²) in [6.07, 6.45) is 1.81. The van der Waals surface area contributed by atoms with Gasteiger partial charge in [0.1, 0.15) is 10.8 Å². The fraction of sp³-hybridized carbons (Fsp3) is 0.0909. The minimum atomic E-state index is -1.07. The number of thioether (sulfide) groups is 1. The molecule has 2 aromatic rings. The molecule has 1 aromatic heterocycles. The summed E-state index contributed by atoms with van der Waals surface area (Å²) in [5, 5.41) is 13.8. The SMILES string of the molecule is CSc1cc(C(=O)O)n(-c2ccc(F)cc2)n1. The number of rotatable bonds is 3. The number of aromatic carboxylic acids is 1. The van der Waals surface area contributed by atoms with Gasteiger partial charge < -0.3 is 5.11 Å². The van der Waals surface area contributed by atoms with E-state index in [1.54, 1.807) is 0 Å². The third-order valence-corrected chi connectivity index (χ3v) is 2.80. The van der Waals surface area contributed by atoms with Crippen molar-refractivity contribution in [3.63, 3.8) is 0 Å². The molecular formula is C11H9FN2O2S. The third-order valence-electron chi connectivity index (χ3n) is 2.19. The summed E-state index contributed by atoms with van der Waals surface area (Å²) in [6, 6.07) is 6.98. The molecule has 0 aliphatic carbocycles. The lowest BCUT2D eigenvalue weighted by Crippen LogP contribution is -2.07. The summed E-state index contributed by atoms with van der Waals surface area (Å²) in [6.45, 7) is 0. The minimum absolute atomic E-state index is 0.0564. The molecule has 0 fully saturated rings. The van der Waals surface area contributed by atoms with Crippen LogP contribution in [0.15, 0.2) is 35.4 Å². The molecule has 0 unspecified atom stereocenters. The summed E-state index contributed by atoms with van der Waals surface area (Å²) >= 11 is 1.35. The summed E-state index contributed by atoms with van der Waals surface area (Å²) in [4.78, 5) is 11.0. The second-order valence-electron chi connectivity index (χ2n) is 3.27. The molecule has 0 spiro atoms. The Morgan fingerprint density at radius 2 is 2.06 bits per heavy atom. The molecule has 2 rings (SSSR count). The van der Waals surface area contributed by atoms with Crippen LogP contribution < -0.4 is 0 Å². The van der Waals surface area contributed by atoms with E-state index in [-0.39, 0.29) is 11.5 Å². The van der Waals surface area contributed by atoms with Crippen LogP contribution in [0.25, 0.3) is 5.69 Å². The van der Waals surface area contributed by atoms with Gasteiger partial charge in [-0.2, -0.15) is 5.10 Å². The maximum atomic E-state index is 12.8. The van der Waals surface area contributed by atoms with Crippen molar-refractivity contribution in [1.29, 1.82) is 0 Å². The highest BCUT2D eigenvalue weighted by molar-refractivity contribution is 7.98. The molecule has 0 aliphatic rings. The lowest BCUT2D eigenvalue weighted by Gasteiger charge is -2.03. The van der Waals surface area contributed by atoms with E-state index in [0.29, 0.717) is 10.7 Å². The molecule has 0 radical (unpaired) electrons. The van der Waals surface area contributed by atoms with Crippen molar-refractivity contribution in [1.82, 2.24) is 9.78 Å². The van der Waals surface area contributed by atoms with Crippen molar-refractivity contribution >= 4 is 17.7 Å². The third kappa shape index (κ3) is 2.31. The highest BCUT2D eigenvalue weighted by atomic mass is 32.2. The van der Waals surface area contributed by atoms with Gasteiger partial charge in [-0.1, -0.05) is 0 Å². The van der Waals surface area contributed by atoms with Crippen LogP contribution in [0, 0.1) is 5.82 Å². The van der Waals surface area contributed by atoms with Crippen molar-refractivity contribution in [3.8, 4) is 5.69 Å². The first-order chi connectivity index (χ1) is 8.11. The van der Waals surface area contributed by atoms with Crippen LogP contribution in [0.2, 0.25) is 0 Å². The zero-order valence-corrected chi connectivity index (χ0v) is 9.74. The number of nitrogens with zero attached hydrogens (tertiary/aromatic N) is 2. The zero-order valence-electron chi connectivity index (χ0n) is 8.92. The van der Waals surface area contributed by atoms with E-state index in [1.807, 2.05) is 6.26 Å². The van der Waals surface area contributed by atoms with E-state index in [0.717, 1.165) is 0 Å². The van der Waals surface area contributed by atoms with Crippen LogP contribution in [0.3, 0.4) is 0 Å². The van der Waals surface area contributed by atoms with Crippen LogP contribution >= 0.6 is 11.8 Å². The average Bonchev–Trinajstić information content (AvgIpc) is 2.74. The first kappa shape index (κ1) is 11.7. The maximum Gasteiger partial charge on any atom is 0.354 e. The van der Waals surface area contributed by atoms with E-state index < -0.39 is 5.97 Å². The summed E-state index contributed by atoms with van der Waals surface area (Å²) in [5.74, 6) is -1.44. The number of carbonyl (C=O) groups is 1.